The van der Waals surface area contributed by atoms with E-state index in [1.807, 2.05) is 18.2 Å². The third-order valence-corrected chi connectivity index (χ3v) is 2.88. The molecule has 6 heteroatoms. The number of aromatic amines is 2. The predicted octanol–water partition coefficient (Wildman–Crippen LogP) is -0.151. The first-order valence-corrected chi connectivity index (χ1v) is 5.66. The standard InChI is InChI=1S/C12H15N3O3/c1-15(11(17)7-16)5-4-8-2-3-9-10(6-8)14-12(18)13-9/h2-3,6,16H,4-5,7H2,1H3,(H2,13,14,18). The number of amides is 1. The highest BCUT2D eigenvalue weighted by Gasteiger charge is 2.07. The molecule has 1 heterocycles. The first-order chi connectivity index (χ1) is 8.60. The van der Waals surface area contributed by atoms with E-state index >= 15 is 0 Å². The predicted molar refractivity (Wildman–Crippen MR) is 67.3 cm³/mol. The van der Waals surface area contributed by atoms with Crippen molar-refractivity contribution >= 4 is 16.9 Å². The van der Waals surface area contributed by atoms with Crippen molar-refractivity contribution in [2.75, 3.05) is 20.2 Å². The van der Waals surface area contributed by atoms with Crippen LogP contribution in [0, 0.1) is 0 Å². The maximum absolute atomic E-state index is 11.2. The van der Waals surface area contributed by atoms with Crippen LogP contribution in [0.15, 0.2) is 23.0 Å². The van der Waals surface area contributed by atoms with Crippen LogP contribution in [-0.2, 0) is 11.2 Å². The first kappa shape index (κ1) is 12.4. The molecule has 0 spiro atoms. The minimum atomic E-state index is -0.472. The van der Waals surface area contributed by atoms with Crippen LogP contribution in [0.25, 0.3) is 11.0 Å². The van der Waals surface area contributed by atoms with Gasteiger partial charge in [-0.05, 0) is 24.1 Å². The summed E-state index contributed by atoms with van der Waals surface area (Å²) in [7, 11) is 1.65. The number of aromatic nitrogens is 2. The number of benzene rings is 1. The zero-order valence-electron chi connectivity index (χ0n) is 10.1. The van der Waals surface area contributed by atoms with Gasteiger partial charge in [0.15, 0.2) is 0 Å². The molecule has 3 N–H and O–H groups in total. The summed E-state index contributed by atoms with van der Waals surface area (Å²) in [5, 5.41) is 8.71. The zero-order chi connectivity index (χ0) is 13.1. The van der Waals surface area contributed by atoms with Crippen molar-refractivity contribution in [3.63, 3.8) is 0 Å². The molecular formula is C12H15N3O3. The minimum absolute atomic E-state index is 0.227. The molecule has 0 unspecified atom stereocenters. The second kappa shape index (κ2) is 5.05. The molecular weight excluding hydrogens is 234 g/mol. The van der Waals surface area contributed by atoms with Crippen LogP contribution >= 0.6 is 0 Å². The molecule has 2 aromatic rings. The molecule has 6 nitrogen and oxygen atoms in total. The van der Waals surface area contributed by atoms with Gasteiger partial charge in [-0.3, -0.25) is 4.79 Å². The third kappa shape index (κ3) is 2.60. The molecule has 1 aromatic carbocycles. The van der Waals surface area contributed by atoms with Crippen molar-refractivity contribution in [2.24, 2.45) is 0 Å². The SMILES string of the molecule is CN(CCc1ccc2[nH]c(=O)[nH]c2c1)C(=O)CO. The van der Waals surface area contributed by atoms with Crippen LogP contribution in [-0.4, -0.2) is 46.1 Å². The van der Waals surface area contributed by atoms with Crippen LogP contribution in [0.3, 0.4) is 0 Å². The summed E-state index contributed by atoms with van der Waals surface area (Å²) >= 11 is 0. The lowest BCUT2D eigenvalue weighted by Crippen LogP contribution is -2.31. The summed E-state index contributed by atoms with van der Waals surface area (Å²) in [4.78, 5) is 29.1. The molecule has 0 atom stereocenters. The van der Waals surface area contributed by atoms with Crippen molar-refractivity contribution in [2.45, 2.75) is 6.42 Å². The molecule has 0 aliphatic rings. The minimum Gasteiger partial charge on any atom is -0.387 e. The summed E-state index contributed by atoms with van der Waals surface area (Å²) in [6, 6.07) is 5.62. The van der Waals surface area contributed by atoms with Gasteiger partial charge in [0.2, 0.25) is 5.91 Å². The summed E-state index contributed by atoms with van der Waals surface area (Å²) in [6.45, 7) is 0.0558. The van der Waals surface area contributed by atoms with Crippen LogP contribution in [0.5, 0.6) is 0 Å². The molecule has 1 aromatic heterocycles. The first-order valence-electron chi connectivity index (χ1n) is 5.66. The van der Waals surface area contributed by atoms with Crippen molar-refractivity contribution in [3.05, 3.63) is 34.2 Å². The molecule has 0 aliphatic heterocycles. The number of imidazole rings is 1. The van der Waals surface area contributed by atoms with Crippen molar-refractivity contribution in [3.8, 4) is 0 Å². The van der Waals surface area contributed by atoms with Gasteiger partial charge in [-0.1, -0.05) is 6.07 Å². The average Bonchev–Trinajstić information content (AvgIpc) is 2.74. The smallest absolute Gasteiger partial charge is 0.323 e. The fourth-order valence-corrected chi connectivity index (χ4v) is 1.78. The van der Waals surface area contributed by atoms with E-state index in [-0.39, 0.29) is 11.6 Å². The van der Waals surface area contributed by atoms with E-state index in [1.165, 1.54) is 4.90 Å². The molecule has 2 rings (SSSR count). The Balaban J connectivity index is 2.08. The Morgan fingerprint density at radius 2 is 2.06 bits per heavy atom. The van der Waals surface area contributed by atoms with Gasteiger partial charge in [0.25, 0.3) is 0 Å². The van der Waals surface area contributed by atoms with Crippen molar-refractivity contribution in [1.29, 1.82) is 0 Å². The summed E-state index contributed by atoms with van der Waals surface area (Å²) in [5.41, 5.74) is 2.32. The molecule has 0 aliphatic carbocycles. The number of H-pyrrole nitrogens is 2. The number of aliphatic hydroxyl groups is 1. The van der Waals surface area contributed by atoms with E-state index in [0.29, 0.717) is 13.0 Å². The quantitative estimate of drug-likeness (QED) is 0.704. The van der Waals surface area contributed by atoms with Gasteiger partial charge in [0.05, 0.1) is 11.0 Å². The lowest BCUT2D eigenvalue weighted by Gasteiger charge is -2.15. The fourth-order valence-electron chi connectivity index (χ4n) is 1.78. The van der Waals surface area contributed by atoms with Gasteiger partial charge < -0.3 is 20.0 Å². The summed E-state index contributed by atoms with van der Waals surface area (Å²) < 4.78 is 0. The third-order valence-electron chi connectivity index (χ3n) is 2.88. The monoisotopic (exact) mass is 249 g/mol. The van der Waals surface area contributed by atoms with Crippen molar-refractivity contribution < 1.29 is 9.90 Å². The lowest BCUT2D eigenvalue weighted by atomic mass is 10.1. The van der Waals surface area contributed by atoms with E-state index in [4.69, 9.17) is 5.11 Å². The highest BCUT2D eigenvalue weighted by atomic mass is 16.3. The molecule has 0 saturated heterocycles. The number of carbonyl (C=O) groups excluding carboxylic acids is 1. The highest BCUT2D eigenvalue weighted by Crippen LogP contribution is 2.10. The molecule has 0 bridgehead atoms. The number of hydrogen-bond acceptors (Lipinski definition) is 3. The molecule has 18 heavy (non-hydrogen) atoms. The Morgan fingerprint density at radius 1 is 1.33 bits per heavy atom. The maximum Gasteiger partial charge on any atom is 0.323 e. The Hall–Kier alpha value is -2.08. The largest absolute Gasteiger partial charge is 0.387 e. The number of aliphatic hydroxyl groups excluding tert-OH is 1. The zero-order valence-corrected chi connectivity index (χ0v) is 10.1. The van der Waals surface area contributed by atoms with Gasteiger partial charge >= 0.3 is 5.69 Å². The number of carbonyl (C=O) groups is 1. The van der Waals surface area contributed by atoms with Crippen LogP contribution in [0.4, 0.5) is 0 Å². The van der Waals surface area contributed by atoms with Crippen LogP contribution < -0.4 is 5.69 Å². The fraction of sp³-hybridized carbons (Fsp3) is 0.333. The van der Waals surface area contributed by atoms with Gasteiger partial charge in [0.1, 0.15) is 6.61 Å². The summed E-state index contributed by atoms with van der Waals surface area (Å²) in [6.07, 6.45) is 0.672. The lowest BCUT2D eigenvalue weighted by molar-refractivity contribution is -0.132. The molecule has 0 radical (unpaired) electrons. The van der Waals surface area contributed by atoms with Crippen molar-refractivity contribution in [1.82, 2.24) is 14.9 Å². The topological polar surface area (TPSA) is 89.2 Å². The van der Waals surface area contributed by atoms with E-state index in [0.717, 1.165) is 16.6 Å². The van der Waals surface area contributed by atoms with Crippen LogP contribution in [0.1, 0.15) is 5.56 Å². The number of hydrogen-bond donors (Lipinski definition) is 3. The Morgan fingerprint density at radius 3 is 2.78 bits per heavy atom. The molecule has 1 amide bonds. The maximum atomic E-state index is 11.2. The number of nitrogens with zero attached hydrogens (tertiary/aromatic N) is 1. The molecule has 0 fully saturated rings. The van der Waals surface area contributed by atoms with Gasteiger partial charge in [-0.25, -0.2) is 4.79 Å². The normalized spacial score (nSPS) is 10.8. The molecule has 96 valence electrons. The number of nitrogens with one attached hydrogen (secondary N) is 2. The number of fused-ring (bicyclic) bond motifs is 1. The molecule has 0 saturated carbocycles. The van der Waals surface area contributed by atoms with E-state index < -0.39 is 6.61 Å². The number of rotatable bonds is 4. The van der Waals surface area contributed by atoms with E-state index in [1.54, 1.807) is 7.05 Å². The van der Waals surface area contributed by atoms with E-state index in [9.17, 15) is 9.59 Å². The number of likely N-dealkylation sites (N-methyl/N-ethyl adjacent to an activating group) is 1. The highest BCUT2D eigenvalue weighted by molar-refractivity contribution is 5.77. The van der Waals surface area contributed by atoms with Crippen LogP contribution in [0.2, 0.25) is 0 Å². The summed E-state index contributed by atoms with van der Waals surface area (Å²) in [5.74, 6) is -0.300. The second-order valence-electron chi connectivity index (χ2n) is 4.18. The Labute approximate surface area is 103 Å². The van der Waals surface area contributed by atoms with Gasteiger partial charge in [0, 0.05) is 13.6 Å². The van der Waals surface area contributed by atoms with Gasteiger partial charge in [-0.15, -0.1) is 0 Å². The second-order valence-corrected chi connectivity index (χ2v) is 4.18. The average molecular weight is 249 g/mol. The Kier molecular flexibility index (Phi) is 3.47. The Bertz CT molecular complexity index is 614. The van der Waals surface area contributed by atoms with E-state index in [2.05, 4.69) is 9.97 Å². The van der Waals surface area contributed by atoms with Gasteiger partial charge in [-0.2, -0.15) is 0 Å².